The van der Waals surface area contributed by atoms with Crippen LogP contribution in [0.2, 0.25) is 0 Å². The van der Waals surface area contributed by atoms with E-state index in [4.69, 9.17) is 5.11 Å². The Morgan fingerprint density at radius 1 is 0.963 bits per heavy atom. The maximum atomic E-state index is 12.0. The van der Waals surface area contributed by atoms with Crippen molar-refractivity contribution in [3.8, 4) is 0 Å². The minimum atomic E-state index is -4.17. The van der Waals surface area contributed by atoms with E-state index in [-0.39, 0.29) is 32.2 Å². The summed E-state index contributed by atoms with van der Waals surface area (Å²) in [5.74, 6) is -0.843. The van der Waals surface area contributed by atoms with E-state index in [9.17, 15) is 31.5 Å². The molecule has 10 heteroatoms. The summed E-state index contributed by atoms with van der Waals surface area (Å²) in [4.78, 5) is 10.4. The average molecular weight is 420 g/mol. The zero-order chi connectivity index (χ0) is 20.9. The molecule has 162 valence electrons. The highest BCUT2D eigenvalue weighted by Crippen LogP contribution is 2.23. The molecule has 0 aromatic rings. The van der Waals surface area contributed by atoms with Crippen LogP contribution < -0.4 is 0 Å². The quantitative estimate of drug-likeness (QED) is 0.373. The van der Waals surface area contributed by atoms with E-state index in [1.807, 2.05) is 0 Å². The molecule has 2 N–H and O–H groups in total. The highest BCUT2D eigenvalue weighted by atomic mass is 32.2. The monoisotopic (exact) mass is 419 g/mol. The van der Waals surface area contributed by atoms with Crippen LogP contribution in [0.4, 0.5) is 13.2 Å². The first-order chi connectivity index (χ1) is 12.4. The van der Waals surface area contributed by atoms with Gasteiger partial charge in [0, 0.05) is 25.9 Å². The topological polar surface area (TPSA) is 94.9 Å². The van der Waals surface area contributed by atoms with E-state index in [0.717, 1.165) is 19.1 Å². The van der Waals surface area contributed by atoms with Crippen molar-refractivity contribution < 1.29 is 36.6 Å². The lowest BCUT2D eigenvalue weighted by Gasteiger charge is -2.20. The molecule has 0 spiro atoms. The van der Waals surface area contributed by atoms with Gasteiger partial charge in [-0.2, -0.15) is 13.2 Å². The van der Waals surface area contributed by atoms with Gasteiger partial charge >= 0.3 is 12.1 Å². The molecule has 0 aromatic carbocycles. The Hall–Kier alpha value is -0.870. The number of carbonyl (C=O) groups is 1. The smallest absolute Gasteiger partial charge is 0.389 e. The van der Waals surface area contributed by atoms with Crippen LogP contribution in [0.25, 0.3) is 0 Å². The van der Waals surface area contributed by atoms with E-state index in [0.29, 0.717) is 32.2 Å². The number of aliphatic hydroxyl groups is 1. The molecular weight excluding hydrogens is 387 g/mol. The Morgan fingerprint density at radius 2 is 1.52 bits per heavy atom. The van der Waals surface area contributed by atoms with Crippen LogP contribution in [0, 0.1) is 0 Å². The van der Waals surface area contributed by atoms with E-state index < -0.39 is 34.7 Å². The number of carboxylic acids is 1. The Labute approximate surface area is 159 Å². The predicted octanol–water partition coefficient (Wildman–Crippen LogP) is 3.55. The minimum Gasteiger partial charge on any atom is -0.481 e. The van der Waals surface area contributed by atoms with Crippen LogP contribution >= 0.6 is 0 Å². The number of sulfonamides is 1. The molecule has 0 aliphatic rings. The zero-order valence-corrected chi connectivity index (χ0v) is 16.7. The molecule has 0 saturated heterocycles. The van der Waals surface area contributed by atoms with Gasteiger partial charge in [-0.3, -0.25) is 4.79 Å². The predicted molar refractivity (Wildman–Crippen MR) is 96.9 cm³/mol. The van der Waals surface area contributed by atoms with Crippen LogP contribution in [0.15, 0.2) is 0 Å². The highest BCUT2D eigenvalue weighted by Gasteiger charge is 2.26. The second-order valence-corrected chi connectivity index (χ2v) is 8.86. The van der Waals surface area contributed by atoms with Crippen molar-refractivity contribution in [1.29, 1.82) is 0 Å². The Morgan fingerprint density at radius 3 is 2.07 bits per heavy atom. The summed E-state index contributed by atoms with van der Waals surface area (Å²) >= 11 is 0. The van der Waals surface area contributed by atoms with Gasteiger partial charge in [-0.15, -0.1) is 0 Å². The summed E-state index contributed by atoms with van der Waals surface area (Å²) < 4.78 is 61.0. The number of unbranched alkanes of at least 4 members (excludes halogenated alkanes) is 4. The summed E-state index contributed by atoms with van der Waals surface area (Å²) in [6.07, 6.45) is -0.546. The van der Waals surface area contributed by atoms with Gasteiger partial charge in [-0.1, -0.05) is 19.3 Å². The molecule has 0 amide bonds. The number of halogens is 3. The van der Waals surface area contributed by atoms with Gasteiger partial charge in [-0.25, -0.2) is 12.7 Å². The highest BCUT2D eigenvalue weighted by molar-refractivity contribution is 7.88. The van der Waals surface area contributed by atoms with E-state index in [2.05, 4.69) is 0 Å². The summed E-state index contributed by atoms with van der Waals surface area (Å²) in [7, 11) is -3.37. The number of carboxylic acid groups (broad SMARTS) is 1. The van der Waals surface area contributed by atoms with Crippen molar-refractivity contribution in [3.05, 3.63) is 0 Å². The molecule has 0 saturated carbocycles. The molecule has 0 rings (SSSR count). The molecule has 27 heavy (non-hydrogen) atoms. The third-order valence-corrected chi connectivity index (χ3v) is 5.51. The maximum absolute atomic E-state index is 12.0. The molecule has 0 aliphatic carbocycles. The fourth-order valence-electron chi connectivity index (χ4n) is 2.71. The second-order valence-electron chi connectivity index (χ2n) is 6.88. The molecular formula is C17H32F3NO5S. The van der Waals surface area contributed by atoms with Crippen molar-refractivity contribution in [3.63, 3.8) is 0 Å². The zero-order valence-electron chi connectivity index (χ0n) is 15.9. The minimum absolute atomic E-state index is 0.0160. The Bertz CT molecular complexity index is 511. The SMILES string of the molecule is CS(=O)(=O)N(CCCCCCC(=O)O)CCCC(O)CCCCC(F)(F)F. The van der Waals surface area contributed by atoms with Crippen LogP contribution in [-0.4, -0.2) is 60.5 Å². The molecule has 0 fully saturated rings. The van der Waals surface area contributed by atoms with Gasteiger partial charge in [0.15, 0.2) is 0 Å². The number of rotatable bonds is 16. The van der Waals surface area contributed by atoms with Crippen molar-refractivity contribution in [2.24, 2.45) is 0 Å². The van der Waals surface area contributed by atoms with E-state index in [1.54, 1.807) is 0 Å². The summed E-state index contributed by atoms with van der Waals surface area (Å²) in [6, 6.07) is 0. The standard InChI is InChI=1S/C17H32F3NO5S/c1-27(25,26)21(13-7-3-2-4-11-16(23)24)14-8-10-15(22)9-5-6-12-17(18,19)20/h15,22H,2-14H2,1H3,(H,23,24). The number of nitrogens with zero attached hydrogens (tertiary/aromatic N) is 1. The largest absolute Gasteiger partial charge is 0.481 e. The number of alkyl halides is 3. The molecule has 6 nitrogen and oxygen atoms in total. The number of aliphatic hydroxyl groups excluding tert-OH is 1. The fraction of sp³-hybridized carbons (Fsp3) is 0.941. The van der Waals surface area contributed by atoms with Gasteiger partial charge in [0.05, 0.1) is 12.4 Å². The molecule has 0 heterocycles. The first-order valence-electron chi connectivity index (χ1n) is 9.33. The summed E-state index contributed by atoms with van der Waals surface area (Å²) in [5.41, 5.74) is 0. The van der Waals surface area contributed by atoms with Crippen LogP contribution in [-0.2, 0) is 14.8 Å². The van der Waals surface area contributed by atoms with Crippen molar-refractivity contribution in [2.45, 2.75) is 82.9 Å². The van der Waals surface area contributed by atoms with Crippen molar-refractivity contribution in [2.75, 3.05) is 19.3 Å². The average Bonchev–Trinajstić information content (AvgIpc) is 2.50. The summed E-state index contributed by atoms with van der Waals surface area (Å²) in [5, 5.41) is 18.4. The van der Waals surface area contributed by atoms with Gasteiger partial charge in [0.2, 0.25) is 10.0 Å². The number of hydrogen-bond donors (Lipinski definition) is 2. The molecule has 0 aliphatic heterocycles. The first-order valence-corrected chi connectivity index (χ1v) is 11.2. The van der Waals surface area contributed by atoms with E-state index in [1.165, 1.54) is 4.31 Å². The summed E-state index contributed by atoms with van der Waals surface area (Å²) in [6.45, 7) is 0.598. The fourth-order valence-corrected chi connectivity index (χ4v) is 3.64. The molecule has 1 atom stereocenters. The maximum Gasteiger partial charge on any atom is 0.389 e. The number of aliphatic carboxylic acids is 1. The Kier molecular flexibility index (Phi) is 12.9. The lowest BCUT2D eigenvalue weighted by molar-refractivity contribution is -0.137. The Balaban J connectivity index is 3.99. The van der Waals surface area contributed by atoms with Gasteiger partial charge < -0.3 is 10.2 Å². The normalized spacial score (nSPS) is 13.9. The molecule has 0 radical (unpaired) electrons. The third kappa shape index (κ3) is 17.0. The van der Waals surface area contributed by atoms with Gasteiger partial charge in [0.25, 0.3) is 0 Å². The second kappa shape index (κ2) is 13.3. The number of hydrogen-bond acceptors (Lipinski definition) is 4. The van der Waals surface area contributed by atoms with Gasteiger partial charge in [0.1, 0.15) is 0 Å². The van der Waals surface area contributed by atoms with Crippen molar-refractivity contribution >= 4 is 16.0 Å². The third-order valence-electron chi connectivity index (χ3n) is 4.21. The van der Waals surface area contributed by atoms with Crippen LogP contribution in [0.3, 0.4) is 0 Å². The lowest BCUT2D eigenvalue weighted by atomic mass is 10.1. The van der Waals surface area contributed by atoms with Crippen LogP contribution in [0.1, 0.15) is 70.6 Å². The van der Waals surface area contributed by atoms with Crippen molar-refractivity contribution in [1.82, 2.24) is 4.31 Å². The first kappa shape index (κ1) is 26.1. The lowest BCUT2D eigenvalue weighted by Crippen LogP contribution is -2.32. The van der Waals surface area contributed by atoms with Gasteiger partial charge in [-0.05, 0) is 38.5 Å². The molecule has 0 aromatic heterocycles. The molecule has 1 unspecified atom stereocenters. The van der Waals surface area contributed by atoms with Crippen LogP contribution in [0.5, 0.6) is 0 Å². The molecule has 0 bridgehead atoms. The van der Waals surface area contributed by atoms with E-state index >= 15 is 0 Å².